The number of aromatic nitrogens is 4. The minimum absolute atomic E-state index is 0.00506. The van der Waals surface area contributed by atoms with Gasteiger partial charge in [0.15, 0.2) is 5.75 Å². The first-order valence-corrected chi connectivity index (χ1v) is 28.2. The fraction of sp³-hybridized carbons (Fsp3) is 0.474. The molecule has 2 saturated heterocycles. The quantitative estimate of drug-likeness (QED) is 0.0577. The van der Waals surface area contributed by atoms with Crippen LogP contribution in [0.3, 0.4) is 0 Å². The predicted octanol–water partition coefficient (Wildman–Crippen LogP) is 10.2. The highest BCUT2D eigenvalue weighted by molar-refractivity contribution is 7.90. The van der Waals surface area contributed by atoms with E-state index in [4.69, 9.17) is 14.2 Å². The molecule has 0 radical (unpaired) electrons. The molecule has 10 rings (SSSR count). The molecule has 4 aliphatic rings. The fourth-order valence-electron chi connectivity index (χ4n) is 12.1. The van der Waals surface area contributed by atoms with Crippen LogP contribution in [0.25, 0.3) is 11.0 Å². The van der Waals surface area contributed by atoms with Crippen molar-refractivity contribution in [3.05, 3.63) is 118 Å². The van der Waals surface area contributed by atoms with Crippen molar-refractivity contribution in [3.8, 4) is 23.3 Å². The molecule has 6 heterocycles. The number of nitrogens with one attached hydrogen (secondary N) is 3. The van der Waals surface area contributed by atoms with Crippen LogP contribution >= 0.6 is 0 Å². The van der Waals surface area contributed by atoms with Crippen LogP contribution in [0.5, 0.6) is 23.3 Å². The van der Waals surface area contributed by atoms with Gasteiger partial charge in [0.05, 0.1) is 30.9 Å². The Kier molecular flexibility index (Phi) is 15.6. The van der Waals surface area contributed by atoms with E-state index >= 15 is 0 Å². The Hall–Kier alpha value is -6.61. The summed E-state index contributed by atoms with van der Waals surface area (Å²) < 4.78 is 76.8. The lowest BCUT2D eigenvalue weighted by molar-refractivity contribution is -0.0628. The number of ether oxygens (including phenoxy) is 3. The average Bonchev–Trinajstić information content (AvgIpc) is 3.78. The topological polar surface area (TPSA) is 193 Å². The van der Waals surface area contributed by atoms with Crippen molar-refractivity contribution in [2.45, 2.75) is 102 Å². The van der Waals surface area contributed by atoms with Crippen molar-refractivity contribution in [2.24, 2.45) is 17.3 Å². The van der Waals surface area contributed by atoms with Crippen LogP contribution in [-0.4, -0.2) is 111 Å². The van der Waals surface area contributed by atoms with E-state index in [0.717, 1.165) is 102 Å². The lowest BCUT2D eigenvalue weighted by atomic mass is 9.59. The number of nitrogens with zero attached hydrogens (tertiary/aromatic N) is 7. The molecule has 77 heavy (non-hydrogen) atoms. The Bertz CT molecular complexity index is 3210. The first-order chi connectivity index (χ1) is 37.0. The van der Waals surface area contributed by atoms with Crippen molar-refractivity contribution >= 4 is 44.2 Å². The van der Waals surface area contributed by atoms with E-state index < -0.39 is 27.7 Å². The molecule has 1 amide bonds. The van der Waals surface area contributed by atoms with Gasteiger partial charge in [0, 0.05) is 94.2 Å². The zero-order valence-corrected chi connectivity index (χ0v) is 45.5. The highest BCUT2D eigenvalue weighted by atomic mass is 32.2. The Morgan fingerprint density at radius 2 is 1.71 bits per heavy atom. The molecular weight excluding hydrogens is 1010 g/mol. The van der Waals surface area contributed by atoms with E-state index in [-0.39, 0.29) is 67.7 Å². The number of benzene rings is 2. The molecule has 1 unspecified atom stereocenters. The number of piperazine rings is 1. The molecule has 2 aromatic carbocycles. The van der Waals surface area contributed by atoms with E-state index in [9.17, 15) is 27.2 Å². The Morgan fingerprint density at radius 3 is 2.44 bits per heavy atom. The van der Waals surface area contributed by atoms with Gasteiger partial charge < -0.3 is 39.7 Å². The summed E-state index contributed by atoms with van der Waals surface area (Å²) in [6.45, 7) is 11.9. The van der Waals surface area contributed by atoms with Crippen molar-refractivity contribution < 1.29 is 36.2 Å². The SMILES string of the molecule is COc1cc(CN2CCN(C3CC4(CCN(c5ccc(C(=O)NS(=O)(=O)c6cnc(NCC7CCC(C)CC7)c(N(C)[O-])c6)c(Oc6cc7c(F)c[nH]c7nc6OC)c5)CC4)C3)C(c3ccccc3C(C)C)C2)cc(F)n1. The van der Waals surface area contributed by atoms with Gasteiger partial charge in [-0.3, -0.25) is 14.6 Å². The van der Waals surface area contributed by atoms with Gasteiger partial charge in [0.1, 0.15) is 27.9 Å². The number of hydrogen-bond acceptors (Lipinski definition) is 15. The summed E-state index contributed by atoms with van der Waals surface area (Å²) in [5, 5.41) is 16.7. The van der Waals surface area contributed by atoms with Gasteiger partial charge in [-0.15, -0.1) is 0 Å². The number of H-pyrrole nitrogens is 1. The van der Waals surface area contributed by atoms with Gasteiger partial charge in [0.2, 0.25) is 11.8 Å². The van der Waals surface area contributed by atoms with Crippen LogP contribution in [0.2, 0.25) is 0 Å². The number of rotatable bonds is 17. The summed E-state index contributed by atoms with van der Waals surface area (Å²) in [6.07, 6.45) is 10.6. The summed E-state index contributed by atoms with van der Waals surface area (Å²) in [6, 6.07) is 20.2. The largest absolute Gasteiger partial charge is 0.758 e. The number of anilines is 3. The second-order valence-electron chi connectivity index (χ2n) is 22.0. The maximum absolute atomic E-state index is 14.9. The normalized spacial score (nSPS) is 20.3. The van der Waals surface area contributed by atoms with E-state index in [2.05, 4.69) is 89.7 Å². The number of piperidine rings is 1. The third-order valence-corrected chi connectivity index (χ3v) is 17.8. The maximum atomic E-state index is 14.9. The molecule has 2 aliphatic heterocycles. The van der Waals surface area contributed by atoms with Crippen molar-refractivity contribution in [2.75, 3.05) is 75.8 Å². The minimum Gasteiger partial charge on any atom is -0.758 e. The average molecular weight is 1080 g/mol. The van der Waals surface area contributed by atoms with Gasteiger partial charge in [-0.1, -0.05) is 57.9 Å². The Balaban J connectivity index is 0.860. The van der Waals surface area contributed by atoms with E-state index in [1.165, 1.54) is 62.9 Å². The Labute approximate surface area is 449 Å². The molecule has 0 bridgehead atoms. The van der Waals surface area contributed by atoms with Crippen molar-refractivity contribution in [3.63, 3.8) is 0 Å². The number of methoxy groups -OCH3 is 2. The summed E-state index contributed by atoms with van der Waals surface area (Å²) in [4.78, 5) is 36.6. The van der Waals surface area contributed by atoms with Gasteiger partial charge in [-0.05, 0) is 110 Å². The highest BCUT2D eigenvalue weighted by Crippen LogP contribution is 2.53. The van der Waals surface area contributed by atoms with Gasteiger partial charge in [0.25, 0.3) is 21.8 Å². The molecule has 2 aliphatic carbocycles. The molecule has 410 valence electrons. The van der Waals surface area contributed by atoms with E-state index in [1.807, 2.05) is 6.07 Å². The molecule has 3 N–H and O–H groups in total. The number of hydrogen-bond donors (Lipinski definition) is 3. The number of pyridine rings is 3. The van der Waals surface area contributed by atoms with Crippen LogP contribution in [0, 0.1) is 34.2 Å². The first-order valence-electron chi connectivity index (χ1n) is 26.8. The second-order valence-corrected chi connectivity index (χ2v) is 23.6. The smallest absolute Gasteiger partial charge is 0.268 e. The monoisotopic (exact) mass is 1080 g/mol. The zero-order valence-electron chi connectivity index (χ0n) is 44.7. The van der Waals surface area contributed by atoms with Gasteiger partial charge in [-0.25, -0.2) is 22.5 Å². The third-order valence-electron chi connectivity index (χ3n) is 16.5. The Morgan fingerprint density at radius 1 is 0.948 bits per heavy atom. The molecule has 20 heteroatoms. The van der Waals surface area contributed by atoms with E-state index in [1.54, 1.807) is 12.1 Å². The summed E-state index contributed by atoms with van der Waals surface area (Å²) in [5.74, 6) is -0.175. The van der Waals surface area contributed by atoms with Gasteiger partial charge in [-0.2, -0.15) is 14.4 Å². The molecule has 1 atom stereocenters. The first kappa shape index (κ1) is 53.8. The van der Waals surface area contributed by atoms with Crippen LogP contribution in [0.1, 0.15) is 111 Å². The molecular formula is C57H69F2N10O7S-. The predicted molar refractivity (Wildman–Crippen MR) is 292 cm³/mol. The maximum Gasteiger partial charge on any atom is 0.268 e. The molecule has 2 saturated carbocycles. The standard InChI is InChI=1S/C57H69F2N10O7S/c1-35(2)42-9-7-8-10-43(42)48-34-67(33-38-23-51(59)63-52(24-38)74-5)21-22-69(48)40-28-57(29-40)17-19-68(20-18-57)39-15-16-44(49(25-39)76-50-27-45-46(58)32-62-53(45)64-56(50)75-6)55(70)65-77(72,73)41-26-47(66(4)71)54(61-31-41)60-30-37-13-11-36(3)12-14-37/h7-10,15-16,23-27,31-32,35-37,40,48H,11-14,17-22,28-30,33-34H2,1-6H3,(H,60,61)(H,62,64)(H,65,70)/q-1. The molecule has 17 nitrogen and oxygen atoms in total. The number of sulfonamides is 1. The summed E-state index contributed by atoms with van der Waals surface area (Å²) in [5.41, 5.74) is 4.50. The molecule has 1 spiro atoms. The second kappa shape index (κ2) is 22.4. The molecule has 4 aromatic heterocycles. The third kappa shape index (κ3) is 11.7. The van der Waals surface area contributed by atoms with Gasteiger partial charge >= 0.3 is 0 Å². The van der Waals surface area contributed by atoms with Crippen molar-refractivity contribution in [1.29, 1.82) is 0 Å². The minimum atomic E-state index is -4.59. The van der Waals surface area contributed by atoms with Crippen LogP contribution in [0.4, 0.5) is 26.0 Å². The number of halogens is 2. The number of fused-ring (bicyclic) bond motifs is 1. The lowest BCUT2D eigenvalue weighted by Crippen LogP contribution is -2.60. The fourth-order valence-corrected chi connectivity index (χ4v) is 13.0. The van der Waals surface area contributed by atoms with E-state index in [0.29, 0.717) is 41.9 Å². The number of carbonyl (C=O) groups excluding carboxylic acids is 1. The lowest BCUT2D eigenvalue weighted by Gasteiger charge is -2.58. The number of carbonyl (C=O) groups is 1. The summed E-state index contributed by atoms with van der Waals surface area (Å²) >= 11 is 0. The molecule has 6 aromatic rings. The zero-order chi connectivity index (χ0) is 54.2. The van der Waals surface area contributed by atoms with Crippen LogP contribution < -0.4 is 34.2 Å². The van der Waals surface area contributed by atoms with Crippen LogP contribution in [0.15, 0.2) is 84.0 Å². The number of amides is 1. The number of aromatic amines is 1. The number of hydroxylamine groups is 1. The highest BCUT2D eigenvalue weighted by Gasteiger charge is 2.50. The van der Waals surface area contributed by atoms with Crippen molar-refractivity contribution in [1.82, 2.24) is 34.5 Å². The summed E-state index contributed by atoms with van der Waals surface area (Å²) in [7, 11) is -0.436. The molecule has 4 fully saturated rings. The van der Waals surface area contributed by atoms with Crippen LogP contribution in [-0.2, 0) is 16.6 Å².